The zero-order chi connectivity index (χ0) is 25.0. The summed E-state index contributed by atoms with van der Waals surface area (Å²) in [7, 11) is 3.51. The Morgan fingerprint density at radius 2 is 2.06 bits per heavy atom. The molecule has 2 unspecified atom stereocenters. The quantitative estimate of drug-likeness (QED) is 0.253. The van der Waals surface area contributed by atoms with Gasteiger partial charge in [-0.05, 0) is 30.3 Å². The van der Waals surface area contributed by atoms with Crippen molar-refractivity contribution in [1.82, 2.24) is 9.88 Å². The fraction of sp³-hybridized carbons (Fsp3) is 0.333. The highest BCUT2D eigenvalue weighted by Crippen LogP contribution is 2.28. The lowest BCUT2D eigenvalue weighted by atomic mass is 10.1. The van der Waals surface area contributed by atoms with Crippen LogP contribution in [-0.2, 0) is 0 Å². The first kappa shape index (κ1) is 25.7. The average molecular weight is 516 g/mol. The molecule has 0 bridgehead atoms. The Morgan fingerprint density at radius 1 is 1.38 bits per heavy atom. The number of aliphatic imine (C=N–C) groups is 1. The van der Waals surface area contributed by atoms with Crippen molar-refractivity contribution in [2.45, 2.75) is 17.8 Å². The predicted octanol–water partition coefficient (Wildman–Crippen LogP) is 3.29. The second kappa shape index (κ2) is 10.5. The molecule has 2 heterocycles. The molecule has 34 heavy (non-hydrogen) atoms. The molecule has 0 aliphatic carbocycles. The van der Waals surface area contributed by atoms with Gasteiger partial charge in [0.1, 0.15) is 28.8 Å². The molecule has 1 saturated heterocycles. The van der Waals surface area contributed by atoms with Gasteiger partial charge in [0.25, 0.3) is 5.91 Å². The summed E-state index contributed by atoms with van der Waals surface area (Å²) in [5.41, 5.74) is -3.10. The van der Waals surface area contributed by atoms with Gasteiger partial charge in [0.15, 0.2) is 0 Å². The molecule has 0 saturated carbocycles. The Bertz CT molecular complexity index is 1070. The van der Waals surface area contributed by atoms with Crippen molar-refractivity contribution in [3.05, 3.63) is 47.7 Å². The SMILES string of the molecule is CN(C)/C=N/C(=S)c1cc(C(=O)Nc2ccc(OC(F)(F)Cl)cc2)cnc1N1CC(O)C(F)C1. The summed E-state index contributed by atoms with van der Waals surface area (Å²) >= 11 is 10.1. The number of hydrogen-bond donors (Lipinski definition) is 2. The third kappa shape index (κ3) is 6.78. The number of nitrogens with zero attached hydrogens (tertiary/aromatic N) is 4. The van der Waals surface area contributed by atoms with E-state index in [0.29, 0.717) is 17.1 Å². The average Bonchev–Trinajstić information content (AvgIpc) is 3.10. The van der Waals surface area contributed by atoms with Crippen molar-refractivity contribution >= 4 is 52.6 Å². The van der Waals surface area contributed by atoms with Crippen LogP contribution in [0.1, 0.15) is 15.9 Å². The Labute approximate surface area is 204 Å². The first-order chi connectivity index (χ1) is 15.9. The third-order valence-electron chi connectivity index (χ3n) is 4.63. The number of nitrogens with one attached hydrogen (secondary N) is 1. The van der Waals surface area contributed by atoms with Crippen LogP contribution in [0.25, 0.3) is 0 Å². The molecule has 1 fully saturated rings. The van der Waals surface area contributed by atoms with E-state index in [1.807, 2.05) is 0 Å². The van der Waals surface area contributed by atoms with E-state index in [1.165, 1.54) is 47.8 Å². The molecule has 3 rings (SSSR count). The number of thiocarbonyl (C=S) groups is 1. The van der Waals surface area contributed by atoms with Crippen LogP contribution in [0, 0.1) is 0 Å². The number of carbonyl (C=O) groups excluding carboxylic acids is 1. The molecule has 1 aromatic heterocycles. The zero-order valence-corrected chi connectivity index (χ0v) is 19.7. The van der Waals surface area contributed by atoms with Crippen LogP contribution in [0.5, 0.6) is 5.75 Å². The normalized spacial score (nSPS) is 18.3. The van der Waals surface area contributed by atoms with E-state index in [0.717, 1.165) is 0 Å². The fourth-order valence-electron chi connectivity index (χ4n) is 3.09. The van der Waals surface area contributed by atoms with E-state index in [2.05, 4.69) is 20.0 Å². The van der Waals surface area contributed by atoms with Crippen LogP contribution >= 0.6 is 23.8 Å². The summed E-state index contributed by atoms with van der Waals surface area (Å²) in [6.07, 6.45) is 0.156. The largest absolute Gasteiger partial charge is 0.487 e. The van der Waals surface area contributed by atoms with Crippen molar-refractivity contribution in [3.8, 4) is 5.75 Å². The molecule has 182 valence electrons. The van der Waals surface area contributed by atoms with Gasteiger partial charge < -0.3 is 25.0 Å². The summed E-state index contributed by atoms with van der Waals surface area (Å²) in [5.74, 6) is -0.449. The molecule has 13 heteroatoms. The predicted molar refractivity (Wildman–Crippen MR) is 127 cm³/mol. The van der Waals surface area contributed by atoms with Crippen LogP contribution in [0.2, 0.25) is 0 Å². The number of anilines is 2. The fourth-order valence-corrected chi connectivity index (χ4v) is 3.38. The Hall–Kier alpha value is -2.96. The van der Waals surface area contributed by atoms with Gasteiger partial charge in [-0.2, -0.15) is 0 Å². The molecule has 1 amide bonds. The molecule has 2 aromatic rings. The molecule has 0 spiro atoms. The van der Waals surface area contributed by atoms with Gasteiger partial charge in [0.05, 0.1) is 24.0 Å². The van der Waals surface area contributed by atoms with Gasteiger partial charge in [-0.15, -0.1) is 8.78 Å². The molecule has 1 aliphatic heterocycles. The molecule has 0 radical (unpaired) electrons. The lowest BCUT2D eigenvalue weighted by Crippen LogP contribution is -2.25. The smallest absolute Gasteiger partial charge is 0.420 e. The van der Waals surface area contributed by atoms with E-state index < -0.39 is 23.8 Å². The number of pyridine rings is 1. The minimum Gasteiger partial charge on any atom is -0.420 e. The number of aliphatic hydroxyl groups is 1. The molecular weight excluding hydrogens is 495 g/mol. The molecule has 8 nitrogen and oxygen atoms in total. The van der Waals surface area contributed by atoms with E-state index in [4.69, 9.17) is 23.8 Å². The standard InChI is InChI=1S/C21H21ClF3N5O3S/c1-29(2)11-27-20(34)15-7-12(8-26-18(15)30-9-16(23)17(31)10-30)19(32)28-13-3-5-14(6-4-13)33-21(22,24)25/h3-8,11,16-17,31H,9-10H2,1-2H3,(H,28,32)/b27-11+. The van der Waals surface area contributed by atoms with Gasteiger partial charge >= 0.3 is 5.57 Å². The number of rotatable bonds is 7. The van der Waals surface area contributed by atoms with Gasteiger partial charge in [-0.3, -0.25) is 4.79 Å². The van der Waals surface area contributed by atoms with Crippen LogP contribution in [0.3, 0.4) is 0 Å². The number of ether oxygens (including phenoxy) is 1. The number of carbonyl (C=O) groups is 1. The van der Waals surface area contributed by atoms with Crippen molar-refractivity contribution < 1.29 is 27.8 Å². The third-order valence-corrected chi connectivity index (χ3v) is 5.03. The first-order valence-electron chi connectivity index (χ1n) is 9.92. The first-order valence-corrected chi connectivity index (χ1v) is 10.7. The minimum atomic E-state index is -3.85. The van der Waals surface area contributed by atoms with Gasteiger partial charge in [0, 0.05) is 44.1 Å². The zero-order valence-electron chi connectivity index (χ0n) is 18.1. The van der Waals surface area contributed by atoms with E-state index in [-0.39, 0.29) is 29.4 Å². The summed E-state index contributed by atoms with van der Waals surface area (Å²) in [6.45, 7) is -0.0645. The Kier molecular flexibility index (Phi) is 7.95. The van der Waals surface area contributed by atoms with E-state index >= 15 is 0 Å². The van der Waals surface area contributed by atoms with Crippen LogP contribution < -0.4 is 15.0 Å². The molecular formula is C21H21ClF3N5O3S. The number of benzene rings is 1. The molecule has 2 N–H and O–H groups in total. The lowest BCUT2D eigenvalue weighted by Gasteiger charge is -2.20. The minimum absolute atomic E-state index is 0.0164. The van der Waals surface area contributed by atoms with Crippen LogP contribution in [0.4, 0.5) is 24.7 Å². The lowest BCUT2D eigenvalue weighted by molar-refractivity contribution is -0.0964. The number of aliphatic hydroxyl groups excluding tert-OH is 1. The maximum absolute atomic E-state index is 13.9. The summed E-state index contributed by atoms with van der Waals surface area (Å²) in [5, 5.41) is 12.4. The van der Waals surface area contributed by atoms with Crippen molar-refractivity contribution in [2.75, 3.05) is 37.4 Å². The molecule has 1 aliphatic rings. The second-order valence-electron chi connectivity index (χ2n) is 7.62. The number of amides is 1. The number of hydrogen-bond acceptors (Lipinski definition) is 6. The van der Waals surface area contributed by atoms with Crippen molar-refractivity contribution in [3.63, 3.8) is 0 Å². The summed E-state index contributed by atoms with van der Waals surface area (Å²) in [4.78, 5) is 24.6. The highest BCUT2D eigenvalue weighted by molar-refractivity contribution is 7.80. The maximum atomic E-state index is 13.9. The summed E-state index contributed by atoms with van der Waals surface area (Å²) < 4.78 is 43.6. The van der Waals surface area contributed by atoms with Gasteiger partial charge in [0.2, 0.25) is 0 Å². The second-order valence-corrected chi connectivity index (χ2v) is 8.45. The number of aromatic nitrogens is 1. The summed E-state index contributed by atoms with van der Waals surface area (Å²) in [6, 6.07) is 6.62. The van der Waals surface area contributed by atoms with Crippen molar-refractivity contribution in [1.29, 1.82) is 0 Å². The highest BCUT2D eigenvalue weighted by Gasteiger charge is 2.33. The molecule has 1 aromatic carbocycles. The van der Waals surface area contributed by atoms with Gasteiger partial charge in [-0.1, -0.05) is 12.2 Å². The number of β-amino-alcohol motifs (C(OH)–C–C–N with tert-alkyl or cyclic N) is 1. The maximum Gasteiger partial charge on any atom is 0.487 e. The Balaban J connectivity index is 1.84. The topological polar surface area (TPSA) is 90.3 Å². The highest BCUT2D eigenvalue weighted by atomic mass is 35.5. The monoisotopic (exact) mass is 515 g/mol. The molecule has 2 atom stereocenters. The van der Waals surface area contributed by atoms with E-state index in [1.54, 1.807) is 19.0 Å². The van der Waals surface area contributed by atoms with Crippen LogP contribution in [-0.4, -0.2) is 77.3 Å². The Morgan fingerprint density at radius 3 is 2.62 bits per heavy atom. The van der Waals surface area contributed by atoms with E-state index in [9.17, 15) is 23.1 Å². The number of halogens is 4. The van der Waals surface area contributed by atoms with Crippen molar-refractivity contribution in [2.24, 2.45) is 4.99 Å². The number of alkyl halides is 4. The van der Waals surface area contributed by atoms with Crippen LogP contribution in [0.15, 0.2) is 41.5 Å². The van der Waals surface area contributed by atoms with Gasteiger partial charge in [-0.25, -0.2) is 14.4 Å².